The number of nitrogens with zero attached hydrogens (tertiary/aromatic N) is 1. The van der Waals surface area contributed by atoms with E-state index in [0.29, 0.717) is 0 Å². The number of carbonyl (C=O) groups is 1. The van der Waals surface area contributed by atoms with Gasteiger partial charge >= 0.3 is 6.03 Å². The number of rotatable bonds is 6. The molecule has 0 aromatic rings. The molecule has 4 atom stereocenters. The quantitative estimate of drug-likeness (QED) is 0.775. The van der Waals surface area contributed by atoms with Crippen LogP contribution in [0.5, 0.6) is 0 Å². The van der Waals surface area contributed by atoms with Gasteiger partial charge in [0.25, 0.3) is 0 Å². The third kappa shape index (κ3) is 5.18. The number of nitrogens with one attached hydrogen (secondary N) is 2. The lowest BCUT2D eigenvalue weighted by Gasteiger charge is -2.29. The van der Waals surface area contributed by atoms with E-state index in [1.807, 2.05) is 6.92 Å². The lowest BCUT2D eigenvalue weighted by Crippen LogP contribution is -2.49. The summed E-state index contributed by atoms with van der Waals surface area (Å²) in [5.74, 6) is 1.64. The predicted octanol–water partition coefficient (Wildman–Crippen LogP) is 1.85. The van der Waals surface area contributed by atoms with E-state index in [2.05, 4.69) is 15.5 Å². The van der Waals surface area contributed by atoms with Gasteiger partial charge in [-0.15, -0.1) is 0 Å². The summed E-state index contributed by atoms with van der Waals surface area (Å²) in [6, 6.07) is 0.447. The van der Waals surface area contributed by atoms with Gasteiger partial charge in [0.05, 0.1) is 0 Å². The standard InChI is InChI=1S/C17H31N3O2S/c1-2-23(22)16-5-3-4-14(10-16)18-17(21)19-15-8-9-20(12-15)11-13-6-7-13/h13-16H,2-12H2,1H3,(H2,18,19,21)/t14-,15+,16-,23+/m1/s1. The van der Waals surface area contributed by atoms with Gasteiger partial charge in [-0.05, 0) is 44.4 Å². The Kier molecular flexibility index (Phi) is 5.96. The van der Waals surface area contributed by atoms with Gasteiger partial charge in [-0.2, -0.15) is 0 Å². The lowest BCUT2D eigenvalue weighted by atomic mass is 9.95. The molecule has 0 spiro atoms. The van der Waals surface area contributed by atoms with E-state index in [1.165, 1.54) is 19.4 Å². The van der Waals surface area contributed by atoms with Gasteiger partial charge in [0.15, 0.2) is 0 Å². The summed E-state index contributed by atoms with van der Waals surface area (Å²) in [6.45, 7) is 5.31. The number of amides is 2. The zero-order valence-electron chi connectivity index (χ0n) is 14.3. The monoisotopic (exact) mass is 341 g/mol. The molecule has 0 bridgehead atoms. The maximum absolute atomic E-state index is 12.2. The highest BCUT2D eigenvalue weighted by Gasteiger charge is 2.31. The van der Waals surface area contributed by atoms with Crippen LogP contribution in [0.4, 0.5) is 4.79 Å². The van der Waals surface area contributed by atoms with E-state index in [0.717, 1.165) is 56.9 Å². The molecule has 0 radical (unpaired) electrons. The smallest absolute Gasteiger partial charge is 0.315 e. The molecule has 3 aliphatic rings. The Morgan fingerprint density at radius 2 is 1.91 bits per heavy atom. The Balaban J connectivity index is 1.38. The second-order valence-electron chi connectivity index (χ2n) is 7.46. The van der Waals surface area contributed by atoms with Gasteiger partial charge in [-0.1, -0.05) is 13.3 Å². The summed E-state index contributed by atoms with van der Waals surface area (Å²) >= 11 is 0. The van der Waals surface area contributed by atoms with Crippen molar-refractivity contribution >= 4 is 16.8 Å². The maximum atomic E-state index is 12.2. The molecule has 0 aromatic carbocycles. The minimum atomic E-state index is -0.736. The van der Waals surface area contributed by atoms with Gasteiger partial charge in [0.1, 0.15) is 0 Å². The molecular formula is C17H31N3O2S. The van der Waals surface area contributed by atoms with E-state index >= 15 is 0 Å². The first-order valence-corrected chi connectivity index (χ1v) is 10.7. The summed E-state index contributed by atoms with van der Waals surface area (Å²) in [5, 5.41) is 6.52. The Morgan fingerprint density at radius 3 is 2.65 bits per heavy atom. The molecule has 1 aliphatic heterocycles. The molecule has 3 fully saturated rings. The van der Waals surface area contributed by atoms with Crippen molar-refractivity contribution in [2.75, 3.05) is 25.4 Å². The highest BCUT2D eigenvalue weighted by atomic mass is 32.2. The number of urea groups is 1. The van der Waals surface area contributed by atoms with Crippen molar-refractivity contribution in [1.29, 1.82) is 0 Å². The molecule has 1 heterocycles. The molecule has 132 valence electrons. The molecule has 2 amide bonds. The summed E-state index contributed by atoms with van der Waals surface area (Å²) in [6.07, 6.45) is 7.83. The van der Waals surface area contributed by atoms with Crippen molar-refractivity contribution in [2.24, 2.45) is 5.92 Å². The van der Waals surface area contributed by atoms with Gasteiger partial charge in [-0.25, -0.2) is 4.79 Å². The van der Waals surface area contributed by atoms with Crippen molar-refractivity contribution < 1.29 is 9.00 Å². The Bertz CT molecular complexity index is 442. The molecule has 2 saturated carbocycles. The molecule has 23 heavy (non-hydrogen) atoms. The first kappa shape index (κ1) is 17.2. The number of carbonyl (C=O) groups excluding carboxylic acids is 1. The van der Waals surface area contributed by atoms with Crippen molar-refractivity contribution in [1.82, 2.24) is 15.5 Å². The van der Waals surface area contributed by atoms with Crippen LogP contribution in [0.3, 0.4) is 0 Å². The molecule has 6 heteroatoms. The zero-order chi connectivity index (χ0) is 16.2. The third-order valence-electron chi connectivity index (χ3n) is 5.44. The summed E-state index contributed by atoms with van der Waals surface area (Å²) in [4.78, 5) is 14.7. The van der Waals surface area contributed by atoms with Crippen LogP contribution in [0.25, 0.3) is 0 Å². The molecule has 3 rings (SSSR count). The maximum Gasteiger partial charge on any atom is 0.315 e. The van der Waals surface area contributed by atoms with Crippen LogP contribution in [0.1, 0.15) is 51.9 Å². The molecular weight excluding hydrogens is 310 g/mol. The van der Waals surface area contributed by atoms with Crippen LogP contribution in [0.15, 0.2) is 0 Å². The fraction of sp³-hybridized carbons (Fsp3) is 0.941. The fourth-order valence-electron chi connectivity index (χ4n) is 3.94. The van der Waals surface area contributed by atoms with Gasteiger partial charge in [0.2, 0.25) is 0 Å². The average Bonchev–Trinajstić information content (AvgIpc) is 3.25. The van der Waals surface area contributed by atoms with Gasteiger partial charge in [-0.3, -0.25) is 4.21 Å². The first-order valence-electron chi connectivity index (χ1n) is 9.30. The Labute approximate surface area is 142 Å². The molecule has 2 aliphatic carbocycles. The van der Waals surface area contributed by atoms with Crippen molar-refractivity contribution in [3.8, 4) is 0 Å². The van der Waals surface area contributed by atoms with E-state index in [4.69, 9.17) is 0 Å². The fourth-order valence-corrected chi connectivity index (χ4v) is 5.29. The number of hydrogen-bond donors (Lipinski definition) is 2. The van der Waals surface area contributed by atoms with Crippen LogP contribution in [-0.2, 0) is 10.8 Å². The van der Waals surface area contributed by atoms with E-state index in [9.17, 15) is 9.00 Å². The van der Waals surface area contributed by atoms with Crippen molar-refractivity contribution in [3.63, 3.8) is 0 Å². The highest BCUT2D eigenvalue weighted by molar-refractivity contribution is 7.85. The molecule has 0 aromatic heterocycles. The number of hydrogen-bond acceptors (Lipinski definition) is 3. The normalized spacial score (nSPS) is 33.3. The first-order chi connectivity index (χ1) is 11.1. The van der Waals surface area contributed by atoms with E-state index in [1.54, 1.807) is 0 Å². The molecule has 1 saturated heterocycles. The molecule has 2 N–H and O–H groups in total. The largest absolute Gasteiger partial charge is 0.335 e. The SMILES string of the molecule is CC[S@](=O)[C@@H]1CCC[C@@H](NC(=O)N[C@H]2CCN(CC3CC3)C2)C1. The predicted molar refractivity (Wildman–Crippen MR) is 94.0 cm³/mol. The van der Waals surface area contributed by atoms with Crippen molar-refractivity contribution in [3.05, 3.63) is 0 Å². The van der Waals surface area contributed by atoms with Crippen molar-refractivity contribution in [2.45, 2.75) is 69.2 Å². The van der Waals surface area contributed by atoms with Crippen LogP contribution in [0, 0.1) is 5.92 Å². The van der Waals surface area contributed by atoms with Crippen LogP contribution in [-0.4, -0.2) is 57.9 Å². The topological polar surface area (TPSA) is 61.4 Å². The van der Waals surface area contributed by atoms with Gasteiger partial charge in [0, 0.05) is 53.5 Å². The molecule has 5 nitrogen and oxygen atoms in total. The Hall–Kier alpha value is -0.620. The summed E-state index contributed by atoms with van der Waals surface area (Å²) in [7, 11) is -0.736. The number of likely N-dealkylation sites (tertiary alicyclic amines) is 1. The van der Waals surface area contributed by atoms with E-state index < -0.39 is 10.8 Å². The lowest BCUT2D eigenvalue weighted by molar-refractivity contribution is 0.228. The van der Waals surface area contributed by atoms with Crippen LogP contribution >= 0.6 is 0 Å². The molecule has 0 unspecified atom stereocenters. The summed E-state index contributed by atoms with van der Waals surface area (Å²) < 4.78 is 12.0. The van der Waals surface area contributed by atoms with E-state index in [-0.39, 0.29) is 23.4 Å². The zero-order valence-corrected chi connectivity index (χ0v) is 15.1. The second-order valence-corrected chi connectivity index (χ2v) is 9.47. The second kappa shape index (κ2) is 7.97. The minimum Gasteiger partial charge on any atom is -0.335 e. The highest BCUT2D eigenvalue weighted by Crippen LogP contribution is 2.30. The third-order valence-corrected chi connectivity index (χ3v) is 7.18. The minimum absolute atomic E-state index is 0.0313. The van der Waals surface area contributed by atoms with Gasteiger partial charge < -0.3 is 15.5 Å². The average molecular weight is 342 g/mol. The van der Waals surface area contributed by atoms with Crippen LogP contribution in [0.2, 0.25) is 0 Å². The van der Waals surface area contributed by atoms with Crippen LogP contribution < -0.4 is 10.6 Å². The Morgan fingerprint density at radius 1 is 1.13 bits per heavy atom. The summed E-state index contributed by atoms with van der Waals surface area (Å²) in [5.41, 5.74) is 0.